The number of piperidine rings is 1. The van der Waals surface area contributed by atoms with Crippen molar-refractivity contribution in [1.29, 1.82) is 0 Å². The second-order valence-corrected chi connectivity index (χ2v) is 8.25. The molecule has 1 aromatic heterocycles. The summed E-state index contributed by atoms with van der Waals surface area (Å²) in [6.45, 7) is 11.4. The number of allylic oxidation sites excluding steroid dienone is 3. The lowest BCUT2D eigenvalue weighted by atomic mass is 9.94. The molecule has 1 saturated heterocycles. The Morgan fingerprint density at radius 2 is 2.03 bits per heavy atom. The van der Waals surface area contributed by atoms with Gasteiger partial charge in [0.2, 0.25) is 5.91 Å². The van der Waals surface area contributed by atoms with E-state index in [0.29, 0.717) is 5.82 Å². The third-order valence-electron chi connectivity index (χ3n) is 5.27. The Bertz CT molecular complexity index is 1030. The van der Waals surface area contributed by atoms with Gasteiger partial charge in [0.15, 0.2) is 0 Å². The van der Waals surface area contributed by atoms with Crippen molar-refractivity contribution < 1.29 is 4.79 Å². The van der Waals surface area contributed by atoms with Crippen LogP contribution in [0.15, 0.2) is 76.4 Å². The summed E-state index contributed by atoms with van der Waals surface area (Å²) in [6, 6.07) is 9.71. The Morgan fingerprint density at radius 3 is 2.67 bits per heavy atom. The first-order valence-electron chi connectivity index (χ1n) is 10.0. The van der Waals surface area contributed by atoms with Gasteiger partial charge < -0.3 is 10.2 Å². The number of amides is 1. The average Bonchev–Trinajstić information content (AvgIpc) is 2.73. The summed E-state index contributed by atoms with van der Waals surface area (Å²) in [4.78, 5) is 24.1. The Kier molecular flexibility index (Phi) is 7.21. The largest absolute Gasteiger partial charge is 0.370 e. The maximum Gasteiger partial charge on any atom is 0.228 e. The molecule has 1 fully saturated rings. The van der Waals surface area contributed by atoms with E-state index in [2.05, 4.69) is 49.3 Å². The van der Waals surface area contributed by atoms with Crippen molar-refractivity contribution in [2.75, 3.05) is 25.5 Å². The Morgan fingerprint density at radius 1 is 1.33 bits per heavy atom. The van der Waals surface area contributed by atoms with Crippen LogP contribution >= 0.6 is 15.9 Å². The summed E-state index contributed by atoms with van der Waals surface area (Å²) in [5.74, 6) is 0.538. The second-order valence-electron chi connectivity index (χ2n) is 7.40. The van der Waals surface area contributed by atoms with E-state index < -0.39 is 0 Å². The number of pyridine rings is 1. The molecule has 3 rings (SSSR count). The predicted molar refractivity (Wildman–Crippen MR) is 129 cm³/mol. The van der Waals surface area contributed by atoms with Gasteiger partial charge in [-0.1, -0.05) is 37.4 Å². The lowest BCUT2D eigenvalue weighted by molar-refractivity contribution is -0.121. The quantitative estimate of drug-likeness (QED) is 0.460. The van der Waals surface area contributed by atoms with E-state index in [4.69, 9.17) is 0 Å². The highest BCUT2D eigenvalue weighted by Crippen LogP contribution is 2.27. The number of rotatable bonds is 6. The molecule has 0 bridgehead atoms. The van der Waals surface area contributed by atoms with Gasteiger partial charge in [-0.25, -0.2) is 4.98 Å². The highest BCUT2D eigenvalue weighted by Gasteiger charge is 2.27. The normalized spacial score (nSPS) is 15.9. The number of aliphatic imine (C=N–C) groups is 1. The minimum absolute atomic E-state index is 0.0165. The van der Waals surface area contributed by atoms with E-state index in [1.807, 2.05) is 43.3 Å². The fraction of sp³-hybridized carbons (Fsp3) is 0.292. The standard InChI is InChI=1S/C24H27BrN4O/c1-5-8-21(23(26-4)16(2)3)29-13-11-17(12-14-29)24(30)28-22-15-19(25)18-9-6-7-10-20(18)27-22/h5-10,15,17H,1-2,11-14H2,3-4H3,(H,27,28,30)/b21-8+,26-23?. The van der Waals surface area contributed by atoms with Crippen LogP contribution in [0.3, 0.4) is 0 Å². The predicted octanol–water partition coefficient (Wildman–Crippen LogP) is 5.36. The first-order valence-corrected chi connectivity index (χ1v) is 10.8. The molecule has 0 unspecified atom stereocenters. The van der Waals surface area contributed by atoms with Crippen LogP contribution in [0.5, 0.6) is 0 Å². The van der Waals surface area contributed by atoms with Gasteiger partial charge >= 0.3 is 0 Å². The van der Waals surface area contributed by atoms with E-state index in [9.17, 15) is 4.79 Å². The summed E-state index contributed by atoms with van der Waals surface area (Å²) in [6.07, 6.45) is 5.27. The highest BCUT2D eigenvalue weighted by atomic mass is 79.9. The molecular weight excluding hydrogens is 440 g/mol. The number of hydrogen-bond donors (Lipinski definition) is 1. The summed E-state index contributed by atoms with van der Waals surface area (Å²) < 4.78 is 0.920. The van der Waals surface area contributed by atoms with Crippen molar-refractivity contribution in [2.45, 2.75) is 19.8 Å². The van der Waals surface area contributed by atoms with Crippen LogP contribution in [0.25, 0.3) is 10.9 Å². The maximum absolute atomic E-state index is 12.9. The van der Waals surface area contributed by atoms with Crippen LogP contribution in [0, 0.1) is 5.92 Å². The molecule has 1 amide bonds. The third-order valence-corrected chi connectivity index (χ3v) is 5.93. The van der Waals surface area contributed by atoms with E-state index >= 15 is 0 Å². The van der Waals surface area contributed by atoms with Gasteiger partial charge in [0.25, 0.3) is 0 Å². The number of fused-ring (bicyclic) bond motifs is 1. The van der Waals surface area contributed by atoms with E-state index in [-0.39, 0.29) is 11.8 Å². The number of carbonyl (C=O) groups excluding carboxylic acids is 1. The molecule has 1 aliphatic heterocycles. The molecule has 0 radical (unpaired) electrons. The maximum atomic E-state index is 12.9. The van der Waals surface area contributed by atoms with Gasteiger partial charge in [0.05, 0.1) is 16.9 Å². The number of aromatic nitrogens is 1. The number of likely N-dealkylation sites (tertiary alicyclic amines) is 1. The van der Waals surface area contributed by atoms with Gasteiger partial charge in [-0.15, -0.1) is 0 Å². The van der Waals surface area contributed by atoms with Crippen molar-refractivity contribution in [2.24, 2.45) is 10.9 Å². The first-order chi connectivity index (χ1) is 14.4. The minimum atomic E-state index is -0.0508. The molecule has 1 aromatic carbocycles. The van der Waals surface area contributed by atoms with Crippen LogP contribution in [0.1, 0.15) is 19.8 Å². The van der Waals surface area contributed by atoms with Crippen LogP contribution in [-0.4, -0.2) is 41.6 Å². The summed E-state index contributed by atoms with van der Waals surface area (Å²) >= 11 is 3.57. The smallest absolute Gasteiger partial charge is 0.228 e. The van der Waals surface area contributed by atoms with Crippen LogP contribution in [0.4, 0.5) is 5.82 Å². The molecular formula is C24H27BrN4O. The van der Waals surface area contributed by atoms with Crippen molar-refractivity contribution in [1.82, 2.24) is 9.88 Å². The number of halogens is 1. The zero-order valence-corrected chi connectivity index (χ0v) is 19.1. The van der Waals surface area contributed by atoms with Crippen molar-refractivity contribution >= 4 is 44.3 Å². The molecule has 2 aromatic rings. The second kappa shape index (κ2) is 9.85. The van der Waals surface area contributed by atoms with Crippen molar-refractivity contribution in [3.8, 4) is 0 Å². The molecule has 6 heteroatoms. The van der Waals surface area contributed by atoms with Gasteiger partial charge in [0, 0.05) is 35.9 Å². The van der Waals surface area contributed by atoms with Gasteiger partial charge in [-0.2, -0.15) is 0 Å². The molecule has 0 spiro atoms. The number of nitrogens with one attached hydrogen (secondary N) is 1. The van der Waals surface area contributed by atoms with E-state index in [1.54, 1.807) is 13.1 Å². The zero-order valence-electron chi connectivity index (χ0n) is 17.5. The van der Waals surface area contributed by atoms with Gasteiger partial charge in [-0.05, 0) is 59.5 Å². The van der Waals surface area contributed by atoms with E-state index in [1.165, 1.54) is 0 Å². The zero-order chi connectivity index (χ0) is 21.7. The number of carbonyl (C=O) groups is 1. The Balaban J connectivity index is 1.67. The van der Waals surface area contributed by atoms with Crippen LogP contribution in [0.2, 0.25) is 0 Å². The highest BCUT2D eigenvalue weighted by molar-refractivity contribution is 9.10. The summed E-state index contributed by atoms with van der Waals surface area (Å²) in [7, 11) is 1.77. The lowest BCUT2D eigenvalue weighted by Crippen LogP contribution is -2.39. The SMILES string of the molecule is C=C/C=C(\C(=NC)C(=C)C)N1CCC(C(=O)Nc2cc(Br)c3ccccc3n2)CC1. The first kappa shape index (κ1) is 22.0. The summed E-state index contributed by atoms with van der Waals surface area (Å²) in [5, 5.41) is 4.02. The molecule has 156 valence electrons. The molecule has 0 aliphatic carbocycles. The number of anilines is 1. The lowest BCUT2D eigenvalue weighted by Gasteiger charge is -2.35. The average molecular weight is 467 g/mol. The van der Waals surface area contributed by atoms with Crippen LogP contribution < -0.4 is 5.32 Å². The van der Waals surface area contributed by atoms with Crippen molar-refractivity contribution in [3.05, 3.63) is 71.4 Å². The Labute approximate surface area is 186 Å². The monoisotopic (exact) mass is 466 g/mol. The molecule has 2 heterocycles. The van der Waals surface area contributed by atoms with E-state index in [0.717, 1.165) is 58.3 Å². The molecule has 30 heavy (non-hydrogen) atoms. The fourth-order valence-corrected chi connectivity index (χ4v) is 4.33. The molecule has 0 saturated carbocycles. The molecule has 0 atom stereocenters. The molecule has 1 aliphatic rings. The number of nitrogens with zero attached hydrogens (tertiary/aromatic N) is 3. The third kappa shape index (κ3) is 4.87. The van der Waals surface area contributed by atoms with Crippen LogP contribution in [-0.2, 0) is 4.79 Å². The number of para-hydroxylation sites is 1. The Hall–Kier alpha value is -2.73. The van der Waals surface area contributed by atoms with Crippen molar-refractivity contribution in [3.63, 3.8) is 0 Å². The number of hydrogen-bond acceptors (Lipinski definition) is 4. The molecule has 5 nitrogen and oxygen atoms in total. The number of benzene rings is 1. The fourth-order valence-electron chi connectivity index (χ4n) is 3.78. The molecule has 1 N–H and O–H groups in total. The van der Waals surface area contributed by atoms with Gasteiger partial charge in [-0.3, -0.25) is 9.79 Å². The topological polar surface area (TPSA) is 57.6 Å². The van der Waals surface area contributed by atoms with Gasteiger partial charge in [0.1, 0.15) is 5.82 Å². The summed E-state index contributed by atoms with van der Waals surface area (Å²) in [5.41, 5.74) is 3.66. The minimum Gasteiger partial charge on any atom is -0.370 e.